The zero-order valence-electron chi connectivity index (χ0n) is 16.6. The van der Waals surface area contributed by atoms with E-state index in [1.165, 1.54) is 24.8 Å². The number of hydrogen-bond acceptors (Lipinski definition) is 6. The molecule has 0 bridgehead atoms. The molecule has 0 unspecified atom stereocenters. The van der Waals surface area contributed by atoms with Crippen LogP contribution in [0.1, 0.15) is 12.5 Å². The van der Waals surface area contributed by atoms with Crippen LogP contribution in [0, 0.1) is 10.9 Å². The Bertz CT molecular complexity index is 1540. The van der Waals surface area contributed by atoms with Crippen molar-refractivity contribution in [1.29, 1.82) is 0 Å². The smallest absolute Gasteiger partial charge is 0.184 e. The normalized spacial score (nSPS) is 12.4. The molecule has 0 radical (unpaired) electrons. The number of pyridine rings is 2. The molecule has 5 rings (SSSR count). The summed E-state index contributed by atoms with van der Waals surface area (Å²) in [6.07, 6.45) is 5.74. The van der Waals surface area contributed by atoms with Crippen molar-refractivity contribution in [3.63, 3.8) is 0 Å². The Morgan fingerprint density at radius 3 is 2.88 bits per heavy atom. The van der Waals surface area contributed by atoms with E-state index in [0.717, 1.165) is 11.3 Å². The van der Waals surface area contributed by atoms with Gasteiger partial charge in [0.25, 0.3) is 0 Å². The van der Waals surface area contributed by atoms with E-state index in [0.29, 0.717) is 38.7 Å². The third kappa shape index (κ3) is 3.28. The molecule has 11 heteroatoms. The maximum atomic E-state index is 15.5. The number of aromatic amines is 2. The summed E-state index contributed by atoms with van der Waals surface area (Å²) >= 11 is 0.979. The van der Waals surface area contributed by atoms with Gasteiger partial charge in [0.1, 0.15) is 29.1 Å². The molecule has 0 amide bonds. The lowest BCUT2D eigenvalue weighted by molar-refractivity contribution is 0.634. The van der Waals surface area contributed by atoms with Crippen LogP contribution in [0.15, 0.2) is 46.8 Å². The van der Waals surface area contributed by atoms with Gasteiger partial charge >= 0.3 is 0 Å². The van der Waals surface area contributed by atoms with Crippen molar-refractivity contribution in [2.75, 3.05) is 0 Å². The van der Waals surface area contributed by atoms with Gasteiger partial charge in [-0.05, 0) is 37.4 Å². The van der Waals surface area contributed by atoms with Crippen molar-refractivity contribution < 1.29 is 8.78 Å². The van der Waals surface area contributed by atoms with E-state index in [1.54, 1.807) is 25.3 Å². The minimum Gasteiger partial charge on any atom is -0.337 e. The van der Waals surface area contributed by atoms with E-state index < -0.39 is 5.82 Å². The van der Waals surface area contributed by atoms with Gasteiger partial charge in [0.15, 0.2) is 16.6 Å². The van der Waals surface area contributed by atoms with E-state index in [-0.39, 0.29) is 21.7 Å². The van der Waals surface area contributed by atoms with Gasteiger partial charge in [0.05, 0.1) is 15.8 Å². The molecule has 32 heavy (non-hydrogen) atoms. The topological polar surface area (TPSA) is 108 Å². The highest BCUT2D eigenvalue weighted by atomic mass is 32.1. The van der Waals surface area contributed by atoms with E-state index in [9.17, 15) is 4.39 Å². The maximum Gasteiger partial charge on any atom is 0.184 e. The minimum atomic E-state index is -0.506. The summed E-state index contributed by atoms with van der Waals surface area (Å²) in [4.78, 5) is 24.5. The van der Waals surface area contributed by atoms with Crippen LogP contribution >= 0.6 is 11.3 Å². The fourth-order valence-electron chi connectivity index (χ4n) is 3.33. The Morgan fingerprint density at radius 1 is 1.22 bits per heavy atom. The van der Waals surface area contributed by atoms with Crippen LogP contribution in [0.2, 0.25) is 0 Å². The lowest BCUT2D eigenvalue weighted by Crippen LogP contribution is -1.92. The lowest BCUT2D eigenvalue weighted by atomic mass is 10.1. The molecule has 0 saturated heterocycles. The number of aliphatic imine (C=N–C) groups is 2. The maximum absolute atomic E-state index is 15.5. The van der Waals surface area contributed by atoms with E-state index >= 15 is 4.39 Å². The molecule has 0 atom stereocenters. The van der Waals surface area contributed by atoms with Crippen LogP contribution in [-0.2, 0) is 0 Å². The molecule has 0 aliphatic carbocycles. The average molecular weight is 448 g/mol. The number of rotatable bonds is 5. The van der Waals surface area contributed by atoms with E-state index in [4.69, 9.17) is 0 Å². The number of halogens is 2. The van der Waals surface area contributed by atoms with Crippen molar-refractivity contribution >= 4 is 52.0 Å². The summed E-state index contributed by atoms with van der Waals surface area (Å²) in [6.45, 7) is 5.03. The van der Waals surface area contributed by atoms with Crippen LogP contribution in [0.25, 0.3) is 49.7 Å². The first kappa shape index (κ1) is 19.8. The van der Waals surface area contributed by atoms with Crippen molar-refractivity contribution in [2.24, 2.45) is 9.98 Å². The molecular formula is C21H14F2N8S. The zero-order chi connectivity index (χ0) is 22.2. The Balaban J connectivity index is 1.67. The third-order valence-corrected chi connectivity index (χ3v) is 5.69. The molecule has 0 aliphatic heterocycles. The second-order valence-corrected chi connectivity index (χ2v) is 7.82. The fourth-order valence-corrected chi connectivity index (χ4v) is 4.06. The van der Waals surface area contributed by atoms with Crippen LogP contribution in [0.4, 0.5) is 8.78 Å². The van der Waals surface area contributed by atoms with Crippen molar-refractivity contribution in [3.8, 4) is 22.1 Å². The number of thiophene rings is 1. The molecular weight excluding hydrogens is 434 g/mol. The third-order valence-electron chi connectivity index (χ3n) is 4.80. The van der Waals surface area contributed by atoms with Gasteiger partial charge in [-0.15, -0.1) is 11.3 Å². The fraction of sp³-hybridized carbons (Fsp3) is 0.0476. The number of imidazole rings is 1. The zero-order valence-corrected chi connectivity index (χ0v) is 17.4. The van der Waals surface area contributed by atoms with Gasteiger partial charge in [0, 0.05) is 24.2 Å². The highest BCUT2D eigenvalue weighted by Crippen LogP contribution is 2.34. The van der Waals surface area contributed by atoms with Gasteiger partial charge in [-0.1, -0.05) is 0 Å². The number of hydrogen-bond donors (Lipinski definition) is 2. The molecule has 0 spiro atoms. The Kier molecular flexibility index (Phi) is 4.86. The largest absolute Gasteiger partial charge is 0.337 e. The van der Waals surface area contributed by atoms with Crippen LogP contribution in [0.3, 0.4) is 0 Å². The van der Waals surface area contributed by atoms with Crippen LogP contribution in [-0.4, -0.2) is 43.2 Å². The first-order valence-electron chi connectivity index (χ1n) is 9.35. The van der Waals surface area contributed by atoms with E-state index in [2.05, 4.69) is 46.8 Å². The predicted octanol–water partition coefficient (Wildman–Crippen LogP) is 4.99. The number of aromatic nitrogens is 6. The molecule has 0 saturated carbocycles. The molecule has 0 aliphatic rings. The summed E-state index contributed by atoms with van der Waals surface area (Å²) in [5, 5.41) is 6.81. The second-order valence-electron chi connectivity index (χ2n) is 6.79. The summed E-state index contributed by atoms with van der Waals surface area (Å²) in [6, 6.07) is 4.78. The van der Waals surface area contributed by atoms with Gasteiger partial charge in [-0.3, -0.25) is 15.1 Å². The number of fused-ring (bicyclic) bond motifs is 2. The second kappa shape index (κ2) is 7.85. The minimum absolute atomic E-state index is 0.191. The number of nitrogens with one attached hydrogen (secondary N) is 2. The number of allylic oxidation sites excluding steroid dienone is 1. The predicted molar refractivity (Wildman–Crippen MR) is 122 cm³/mol. The highest BCUT2D eigenvalue weighted by molar-refractivity contribution is 7.13. The Hall–Kier alpha value is -4.12. The van der Waals surface area contributed by atoms with Gasteiger partial charge in [-0.25, -0.2) is 19.4 Å². The van der Waals surface area contributed by atoms with E-state index in [1.807, 2.05) is 0 Å². The summed E-state index contributed by atoms with van der Waals surface area (Å²) < 4.78 is 29.0. The molecule has 0 fully saturated rings. The number of H-pyrrole nitrogens is 2. The van der Waals surface area contributed by atoms with Crippen molar-refractivity contribution in [3.05, 3.63) is 53.3 Å². The summed E-state index contributed by atoms with van der Waals surface area (Å²) in [5.74, 6) is -0.143. The van der Waals surface area contributed by atoms with Gasteiger partial charge in [0.2, 0.25) is 0 Å². The SMILES string of the molecule is C=NC=N/C=C(\C)c1cnc2n[nH]c(-c3nc4c(-c5ccc(F)s5)nccc4[nH]3)c2c1F. The Labute approximate surface area is 183 Å². The first-order valence-corrected chi connectivity index (χ1v) is 10.2. The molecule has 158 valence electrons. The highest BCUT2D eigenvalue weighted by Gasteiger charge is 2.21. The van der Waals surface area contributed by atoms with Crippen molar-refractivity contribution in [1.82, 2.24) is 30.1 Å². The quantitative estimate of drug-likeness (QED) is 0.292. The average Bonchev–Trinajstić information content (AvgIpc) is 3.51. The molecule has 0 aromatic carbocycles. The molecule has 5 aromatic rings. The number of nitrogens with zero attached hydrogens (tertiary/aromatic N) is 6. The lowest BCUT2D eigenvalue weighted by Gasteiger charge is -2.03. The molecule has 8 nitrogen and oxygen atoms in total. The van der Waals surface area contributed by atoms with Gasteiger partial charge < -0.3 is 4.98 Å². The van der Waals surface area contributed by atoms with Crippen LogP contribution in [0.5, 0.6) is 0 Å². The van der Waals surface area contributed by atoms with Gasteiger partial charge in [-0.2, -0.15) is 9.49 Å². The summed E-state index contributed by atoms with van der Waals surface area (Å²) in [5.41, 5.74) is 3.13. The standard InChI is InChI=1S/C21H14F2N8S/c1-10(7-25-9-24-2)11-8-27-20-15(16(11)23)19(30-31-20)21-28-12-5-6-26-18(17(12)29-21)13-3-4-14(22)32-13/h3-9H,2H2,1H3,(H,28,29)(H,27,30,31)/b10-7+,25-9?. The molecule has 5 aromatic heterocycles. The Morgan fingerprint density at radius 2 is 2.09 bits per heavy atom. The summed E-state index contributed by atoms with van der Waals surface area (Å²) in [7, 11) is 0. The monoisotopic (exact) mass is 448 g/mol. The molecule has 2 N–H and O–H groups in total. The van der Waals surface area contributed by atoms with Crippen molar-refractivity contribution in [2.45, 2.75) is 6.92 Å². The van der Waals surface area contributed by atoms with Crippen LogP contribution < -0.4 is 0 Å². The first-order chi connectivity index (χ1) is 15.6. The molecule has 5 heterocycles.